The first-order valence-corrected chi connectivity index (χ1v) is 11.3. The Balaban J connectivity index is 1.28. The molecule has 4 aromatic rings. The molecule has 0 aliphatic heterocycles. The lowest BCUT2D eigenvalue weighted by atomic mass is 10.1. The van der Waals surface area contributed by atoms with Crippen molar-refractivity contribution in [2.24, 2.45) is 0 Å². The molecule has 3 N–H and O–H groups in total. The third-order valence-electron chi connectivity index (χ3n) is 4.82. The smallest absolute Gasteiger partial charge is 0.273 e. The number of carbonyl (C=O) groups excluding carboxylic acids is 2. The second-order valence-electron chi connectivity index (χ2n) is 7.05. The minimum atomic E-state index is -3.77. The van der Waals surface area contributed by atoms with Crippen LogP contribution in [0.15, 0.2) is 83.8 Å². The highest BCUT2D eigenvalue weighted by Gasteiger charge is 2.15. The number of hydrogen-bond acceptors (Lipinski definition) is 5. The van der Waals surface area contributed by atoms with Crippen LogP contribution in [-0.2, 0) is 14.8 Å². The molecule has 32 heavy (non-hydrogen) atoms. The van der Waals surface area contributed by atoms with Crippen molar-refractivity contribution in [3.05, 3.63) is 84.6 Å². The lowest BCUT2D eigenvalue weighted by Crippen LogP contribution is -2.43. The first-order valence-electron chi connectivity index (χ1n) is 9.86. The van der Waals surface area contributed by atoms with Crippen molar-refractivity contribution in [2.75, 3.05) is 6.54 Å². The number of carbonyl (C=O) groups is 2. The molecule has 9 heteroatoms. The zero-order valence-electron chi connectivity index (χ0n) is 16.9. The van der Waals surface area contributed by atoms with Crippen LogP contribution in [-0.4, -0.2) is 31.8 Å². The molecule has 0 unspecified atom stereocenters. The number of rotatable bonds is 6. The van der Waals surface area contributed by atoms with E-state index in [1.54, 1.807) is 30.3 Å². The molecule has 0 spiro atoms. The number of nitrogens with zero attached hydrogens (tertiary/aromatic N) is 1. The van der Waals surface area contributed by atoms with Crippen LogP contribution in [0.3, 0.4) is 0 Å². The summed E-state index contributed by atoms with van der Waals surface area (Å²) in [5, 5.41) is 2.63. The summed E-state index contributed by atoms with van der Waals surface area (Å²) in [4.78, 5) is 28.6. The number of amides is 2. The predicted molar refractivity (Wildman–Crippen MR) is 121 cm³/mol. The van der Waals surface area contributed by atoms with Crippen LogP contribution in [0.5, 0.6) is 0 Å². The fourth-order valence-corrected chi connectivity index (χ4v) is 4.23. The molecule has 0 aliphatic carbocycles. The number of fused-ring (bicyclic) bond motifs is 2. The molecule has 4 rings (SSSR count). The van der Waals surface area contributed by atoms with Gasteiger partial charge in [-0.25, -0.2) is 18.1 Å². The highest BCUT2D eigenvalue weighted by molar-refractivity contribution is 7.89. The lowest BCUT2D eigenvalue weighted by Gasteiger charge is -2.09. The molecule has 0 saturated carbocycles. The Hall–Kier alpha value is -3.82. The normalized spacial score (nSPS) is 11.4. The van der Waals surface area contributed by atoms with Crippen LogP contribution >= 0.6 is 0 Å². The van der Waals surface area contributed by atoms with Gasteiger partial charge in [0.25, 0.3) is 5.91 Å². The molecular weight excluding hydrogens is 428 g/mol. The van der Waals surface area contributed by atoms with Gasteiger partial charge in [-0.2, -0.15) is 0 Å². The Morgan fingerprint density at radius 1 is 0.781 bits per heavy atom. The predicted octanol–water partition coefficient (Wildman–Crippen LogP) is 2.52. The average Bonchev–Trinajstić information content (AvgIpc) is 2.81. The van der Waals surface area contributed by atoms with Crippen LogP contribution in [0.2, 0.25) is 0 Å². The summed E-state index contributed by atoms with van der Waals surface area (Å²) in [5.74, 6) is -1.11. The molecule has 162 valence electrons. The lowest BCUT2D eigenvalue weighted by molar-refractivity contribution is -0.121. The summed E-state index contributed by atoms with van der Waals surface area (Å²) in [5.41, 5.74) is 5.37. The number of para-hydroxylation sites is 1. The molecule has 3 aromatic carbocycles. The van der Waals surface area contributed by atoms with E-state index < -0.39 is 21.8 Å². The number of hydrogen-bond donors (Lipinski definition) is 3. The van der Waals surface area contributed by atoms with Crippen molar-refractivity contribution >= 4 is 43.5 Å². The molecule has 0 bridgehead atoms. The highest BCUT2D eigenvalue weighted by atomic mass is 32.2. The number of benzene rings is 3. The van der Waals surface area contributed by atoms with Gasteiger partial charge in [0.2, 0.25) is 15.9 Å². The number of hydrazine groups is 1. The zero-order valence-corrected chi connectivity index (χ0v) is 17.7. The van der Waals surface area contributed by atoms with E-state index in [4.69, 9.17) is 0 Å². The summed E-state index contributed by atoms with van der Waals surface area (Å²) in [6, 6.07) is 22.9. The number of aromatic nitrogens is 1. The average molecular weight is 449 g/mol. The van der Waals surface area contributed by atoms with Gasteiger partial charge in [0.15, 0.2) is 0 Å². The zero-order chi connectivity index (χ0) is 22.6. The highest BCUT2D eigenvalue weighted by Crippen LogP contribution is 2.18. The van der Waals surface area contributed by atoms with Crippen LogP contribution in [0.1, 0.15) is 16.9 Å². The minimum Gasteiger partial charge on any atom is -0.273 e. The molecule has 8 nitrogen and oxygen atoms in total. The van der Waals surface area contributed by atoms with Crippen molar-refractivity contribution in [3.8, 4) is 0 Å². The first-order chi connectivity index (χ1) is 15.4. The van der Waals surface area contributed by atoms with Gasteiger partial charge in [-0.1, -0.05) is 54.6 Å². The molecular formula is C23H20N4O4S. The summed E-state index contributed by atoms with van der Waals surface area (Å²) in [6.07, 6.45) is -0.155. The molecule has 1 aromatic heterocycles. The fraction of sp³-hybridized carbons (Fsp3) is 0.0870. The molecule has 2 amide bonds. The Bertz CT molecular complexity index is 1420. The second-order valence-corrected chi connectivity index (χ2v) is 8.82. The van der Waals surface area contributed by atoms with Gasteiger partial charge in [-0.3, -0.25) is 20.4 Å². The van der Waals surface area contributed by atoms with Gasteiger partial charge in [0.1, 0.15) is 5.69 Å². The largest absolute Gasteiger partial charge is 0.288 e. The van der Waals surface area contributed by atoms with Crippen LogP contribution in [0.4, 0.5) is 0 Å². The molecule has 0 aliphatic rings. The third kappa shape index (κ3) is 4.90. The van der Waals surface area contributed by atoms with Crippen molar-refractivity contribution in [3.63, 3.8) is 0 Å². The van der Waals surface area contributed by atoms with Crippen LogP contribution in [0, 0.1) is 0 Å². The summed E-state index contributed by atoms with van der Waals surface area (Å²) in [6.45, 7) is -0.120. The monoisotopic (exact) mass is 448 g/mol. The SMILES string of the molecule is O=C(CCNS(=O)(=O)c1ccc2ccccc2c1)NNC(=O)c1ccc2ccccc2n1. The quantitative estimate of drug-likeness (QED) is 0.392. The van der Waals surface area contributed by atoms with Crippen molar-refractivity contribution in [1.82, 2.24) is 20.6 Å². The van der Waals surface area contributed by atoms with E-state index in [1.807, 2.05) is 42.5 Å². The summed E-state index contributed by atoms with van der Waals surface area (Å²) in [7, 11) is -3.77. The van der Waals surface area contributed by atoms with Gasteiger partial charge in [0.05, 0.1) is 10.4 Å². The van der Waals surface area contributed by atoms with Gasteiger partial charge in [-0.05, 0) is 35.0 Å². The van der Waals surface area contributed by atoms with Crippen molar-refractivity contribution in [2.45, 2.75) is 11.3 Å². The van der Waals surface area contributed by atoms with Crippen molar-refractivity contribution < 1.29 is 18.0 Å². The molecule has 0 atom stereocenters. The number of nitrogens with one attached hydrogen (secondary N) is 3. The van der Waals surface area contributed by atoms with E-state index in [2.05, 4.69) is 20.6 Å². The minimum absolute atomic E-state index is 0.118. The molecule has 0 fully saturated rings. The maximum Gasteiger partial charge on any atom is 0.288 e. The Morgan fingerprint density at radius 2 is 1.47 bits per heavy atom. The van der Waals surface area contributed by atoms with Gasteiger partial charge in [-0.15, -0.1) is 0 Å². The van der Waals surface area contributed by atoms with E-state index >= 15 is 0 Å². The molecule has 0 saturated heterocycles. The van der Waals surface area contributed by atoms with Crippen LogP contribution in [0.25, 0.3) is 21.7 Å². The summed E-state index contributed by atoms with van der Waals surface area (Å²) >= 11 is 0. The Morgan fingerprint density at radius 3 is 2.28 bits per heavy atom. The van der Waals surface area contributed by atoms with E-state index in [1.165, 1.54) is 6.07 Å². The Kier molecular flexibility index (Phi) is 6.11. The molecule has 0 radical (unpaired) electrons. The van der Waals surface area contributed by atoms with Gasteiger partial charge < -0.3 is 0 Å². The third-order valence-corrected chi connectivity index (χ3v) is 6.28. The maximum absolute atomic E-state index is 12.5. The summed E-state index contributed by atoms with van der Waals surface area (Å²) < 4.78 is 27.4. The molecule has 1 heterocycles. The second kappa shape index (κ2) is 9.13. The van der Waals surface area contributed by atoms with E-state index in [9.17, 15) is 18.0 Å². The van der Waals surface area contributed by atoms with E-state index in [0.717, 1.165) is 16.2 Å². The first kappa shape index (κ1) is 21.4. The maximum atomic E-state index is 12.5. The van der Waals surface area contributed by atoms with Gasteiger partial charge in [0, 0.05) is 18.4 Å². The standard InChI is InChI=1S/C23H20N4O4S/c28-22(26-27-23(29)21-12-10-17-6-3-4-8-20(17)25-21)13-14-24-32(30,31)19-11-9-16-5-1-2-7-18(16)15-19/h1-12,15,24H,13-14H2,(H,26,28)(H,27,29). The topological polar surface area (TPSA) is 117 Å². The number of pyridine rings is 1. The van der Waals surface area contributed by atoms with Crippen molar-refractivity contribution in [1.29, 1.82) is 0 Å². The fourth-order valence-electron chi connectivity index (χ4n) is 3.16. The number of sulfonamides is 1. The van der Waals surface area contributed by atoms with E-state index in [0.29, 0.717) is 5.52 Å². The van der Waals surface area contributed by atoms with E-state index in [-0.39, 0.29) is 23.6 Å². The van der Waals surface area contributed by atoms with Crippen LogP contribution < -0.4 is 15.6 Å². The Labute approximate surface area is 184 Å². The van der Waals surface area contributed by atoms with Gasteiger partial charge >= 0.3 is 0 Å².